The smallest absolute Gasteiger partial charge is 0.106 e. The van der Waals surface area contributed by atoms with Gasteiger partial charge in [0, 0.05) is 17.3 Å². The third-order valence-electron chi connectivity index (χ3n) is 2.13. The van der Waals surface area contributed by atoms with Crippen LogP contribution in [0.4, 0.5) is 0 Å². The molecule has 0 saturated heterocycles. The molecule has 0 saturated carbocycles. The fourth-order valence-electron chi connectivity index (χ4n) is 1.11. The van der Waals surface area contributed by atoms with Crippen LogP contribution in [0.15, 0.2) is 23.7 Å². The van der Waals surface area contributed by atoms with Crippen LogP contribution in [0.3, 0.4) is 0 Å². The number of ether oxygens (including phenoxy) is 1. The summed E-state index contributed by atoms with van der Waals surface area (Å²) in [5.74, 6) is 1.98. The van der Waals surface area contributed by atoms with Crippen molar-refractivity contribution in [1.29, 1.82) is 0 Å². The zero-order valence-electron chi connectivity index (χ0n) is 10.1. The van der Waals surface area contributed by atoms with Gasteiger partial charge in [-0.1, -0.05) is 41.5 Å². The third kappa shape index (κ3) is 2.63. The largest absolute Gasteiger partial charge is 0.466 e. The van der Waals surface area contributed by atoms with Gasteiger partial charge in [0.2, 0.25) is 0 Å². The van der Waals surface area contributed by atoms with Crippen molar-refractivity contribution in [2.45, 2.75) is 41.5 Å². The van der Waals surface area contributed by atoms with Gasteiger partial charge in [0.05, 0.1) is 0 Å². The molecule has 2 radical (unpaired) electrons. The van der Waals surface area contributed by atoms with E-state index in [4.69, 9.17) is 4.74 Å². The van der Waals surface area contributed by atoms with Crippen LogP contribution in [0.5, 0.6) is 0 Å². The molecular weight excluding hydrogens is 172 g/mol. The average molecular weight is 192 g/mol. The summed E-state index contributed by atoms with van der Waals surface area (Å²) in [6.45, 7) is 12.9. The molecule has 0 N–H and O–H groups in total. The van der Waals surface area contributed by atoms with Crippen LogP contribution in [-0.2, 0) is 4.74 Å². The van der Waals surface area contributed by atoms with Gasteiger partial charge in [0.25, 0.3) is 0 Å². The van der Waals surface area contributed by atoms with E-state index in [1.54, 1.807) is 0 Å². The molecule has 0 unspecified atom stereocenters. The molecular formula is C13H20O. The minimum absolute atomic E-state index is 0.0533. The zero-order valence-corrected chi connectivity index (χ0v) is 10.1. The molecule has 78 valence electrons. The highest BCUT2D eigenvalue weighted by atomic mass is 16.5. The van der Waals surface area contributed by atoms with Gasteiger partial charge in [-0.2, -0.15) is 0 Å². The summed E-state index contributed by atoms with van der Waals surface area (Å²) in [7, 11) is 0. The molecule has 0 aromatic rings. The van der Waals surface area contributed by atoms with Crippen molar-refractivity contribution >= 4 is 0 Å². The van der Waals surface area contributed by atoms with Gasteiger partial charge < -0.3 is 4.74 Å². The molecule has 0 aromatic heterocycles. The van der Waals surface area contributed by atoms with Crippen LogP contribution >= 0.6 is 0 Å². The van der Waals surface area contributed by atoms with Crippen molar-refractivity contribution in [3.63, 3.8) is 0 Å². The molecule has 14 heavy (non-hydrogen) atoms. The van der Waals surface area contributed by atoms with Crippen LogP contribution in [0.25, 0.3) is 0 Å². The van der Waals surface area contributed by atoms with E-state index in [0.717, 1.165) is 11.5 Å². The minimum Gasteiger partial charge on any atom is -0.466 e. The standard InChI is InChI=1S/C13H20O/c1-12(2,3)10-8-7-9-11(14-10)13(4,5)6/h8-9H,1-6H3. The molecule has 0 atom stereocenters. The van der Waals surface area contributed by atoms with Crippen molar-refractivity contribution < 1.29 is 4.74 Å². The second kappa shape index (κ2) is 3.45. The second-order valence-electron chi connectivity index (χ2n) is 5.79. The van der Waals surface area contributed by atoms with Gasteiger partial charge in [-0.15, -0.1) is 0 Å². The van der Waals surface area contributed by atoms with E-state index in [2.05, 4.69) is 48.0 Å². The first-order chi connectivity index (χ1) is 6.21. The predicted octanol–water partition coefficient (Wildman–Crippen LogP) is 3.96. The van der Waals surface area contributed by atoms with Crippen molar-refractivity contribution in [3.05, 3.63) is 30.1 Å². The first-order valence-electron chi connectivity index (χ1n) is 5.06. The van der Waals surface area contributed by atoms with Crippen LogP contribution in [-0.4, -0.2) is 0 Å². The lowest BCUT2D eigenvalue weighted by atomic mass is 9.88. The topological polar surface area (TPSA) is 9.23 Å². The molecule has 1 aliphatic heterocycles. The van der Waals surface area contributed by atoms with Crippen LogP contribution < -0.4 is 0 Å². The molecule has 1 nitrogen and oxygen atoms in total. The number of rotatable bonds is 0. The van der Waals surface area contributed by atoms with Crippen molar-refractivity contribution in [2.75, 3.05) is 0 Å². The van der Waals surface area contributed by atoms with Gasteiger partial charge >= 0.3 is 0 Å². The van der Waals surface area contributed by atoms with Crippen molar-refractivity contribution in [1.82, 2.24) is 0 Å². The number of hydrogen-bond acceptors (Lipinski definition) is 1. The predicted molar refractivity (Wildman–Crippen MR) is 59.4 cm³/mol. The Hall–Kier alpha value is -0.720. The van der Waals surface area contributed by atoms with Crippen LogP contribution in [0.2, 0.25) is 0 Å². The molecule has 1 rings (SSSR count). The van der Waals surface area contributed by atoms with E-state index in [-0.39, 0.29) is 10.8 Å². The van der Waals surface area contributed by atoms with Gasteiger partial charge in [-0.3, -0.25) is 0 Å². The summed E-state index contributed by atoms with van der Waals surface area (Å²) in [6.07, 6.45) is 7.00. The van der Waals surface area contributed by atoms with Gasteiger partial charge in [0.1, 0.15) is 11.5 Å². The van der Waals surface area contributed by atoms with E-state index in [9.17, 15) is 0 Å². The Kier molecular flexibility index (Phi) is 2.80. The first kappa shape index (κ1) is 11.4. The summed E-state index contributed by atoms with van der Waals surface area (Å²) in [4.78, 5) is 0. The highest BCUT2D eigenvalue weighted by molar-refractivity contribution is 5.26. The monoisotopic (exact) mass is 192 g/mol. The Morgan fingerprint density at radius 2 is 1.21 bits per heavy atom. The Morgan fingerprint density at radius 1 is 0.857 bits per heavy atom. The van der Waals surface area contributed by atoms with E-state index in [1.807, 2.05) is 12.2 Å². The maximum atomic E-state index is 5.88. The minimum atomic E-state index is 0.0533. The quantitative estimate of drug-likeness (QED) is 0.564. The number of allylic oxidation sites excluding steroid dienone is 4. The molecule has 1 heteroatoms. The Labute approximate surface area is 87.8 Å². The SMILES string of the molecule is CC(C)(C)C1=C[C]C=C(C(C)(C)C)O1. The van der Waals surface area contributed by atoms with E-state index >= 15 is 0 Å². The summed E-state index contributed by atoms with van der Waals surface area (Å²) < 4.78 is 5.88. The molecule has 0 aliphatic carbocycles. The lowest BCUT2D eigenvalue weighted by molar-refractivity contribution is 0.161. The Morgan fingerprint density at radius 3 is 1.50 bits per heavy atom. The maximum absolute atomic E-state index is 5.88. The fraction of sp³-hybridized carbons (Fsp3) is 0.615. The Bertz CT molecular complexity index is 241. The van der Waals surface area contributed by atoms with E-state index in [1.165, 1.54) is 0 Å². The van der Waals surface area contributed by atoms with Gasteiger partial charge in [0.15, 0.2) is 0 Å². The lowest BCUT2D eigenvalue weighted by Gasteiger charge is -2.31. The Balaban J connectivity index is 2.79. The summed E-state index contributed by atoms with van der Waals surface area (Å²) >= 11 is 0. The molecule has 1 heterocycles. The molecule has 0 spiro atoms. The summed E-state index contributed by atoms with van der Waals surface area (Å²) in [5, 5.41) is 0. The zero-order chi connectivity index (χ0) is 11.0. The van der Waals surface area contributed by atoms with Crippen LogP contribution in [0, 0.1) is 17.3 Å². The fourth-order valence-corrected chi connectivity index (χ4v) is 1.11. The summed E-state index contributed by atoms with van der Waals surface area (Å²) in [6, 6.07) is 0. The molecule has 0 amide bonds. The molecule has 0 bridgehead atoms. The average Bonchev–Trinajstić information content (AvgIpc) is 2.01. The maximum Gasteiger partial charge on any atom is 0.106 e. The third-order valence-corrected chi connectivity index (χ3v) is 2.13. The van der Waals surface area contributed by atoms with Crippen molar-refractivity contribution in [2.24, 2.45) is 10.8 Å². The normalized spacial score (nSPS) is 18.4. The second-order valence-corrected chi connectivity index (χ2v) is 5.79. The first-order valence-corrected chi connectivity index (χ1v) is 5.06. The molecule has 0 fully saturated rings. The van der Waals surface area contributed by atoms with Crippen LogP contribution in [0.1, 0.15) is 41.5 Å². The van der Waals surface area contributed by atoms with Gasteiger partial charge in [-0.05, 0) is 12.2 Å². The lowest BCUT2D eigenvalue weighted by Crippen LogP contribution is -2.20. The highest BCUT2D eigenvalue weighted by Crippen LogP contribution is 2.37. The van der Waals surface area contributed by atoms with E-state index in [0.29, 0.717) is 0 Å². The highest BCUT2D eigenvalue weighted by Gasteiger charge is 2.27. The van der Waals surface area contributed by atoms with Crippen molar-refractivity contribution in [3.8, 4) is 0 Å². The van der Waals surface area contributed by atoms with E-state index < -0.39 is 0 Å². The summed E-state index contributed by atoms with van der Waals surface area (Å²) in [5.41, 5.74) is 0.107. The van der Waals surface area contributed by atoms with Gasteiger partial charge in [-0.25, -0.2) is 0 Å². The molecule has 0 aromatic carbocycles. The number of hydrogen-bond donors (Lipinski definition) is 0. The molecule has 1 aliphatic rings.